The summed E-state index contributed by atoms with van der Waals surface area (Å²) in [6, 6.07) is 7.52. The number of carbonyl (C=O) groups excluding carboxylic acids is 2. The third-order valence-corrected chi connectivity index (χ3v) is 3.34. The van der Waals surface area contributed by atoms with Crippen molar-refractivity contribution >= 4 is 27.7 Å². The van der Waals surface area contributed by atoms with Gasteiger partial charge in [-0.15, -0.1) is 0 Å². The lowest BCUT2D eigenvalue weighted by Gasteiger charge is -2.16. The molecular formula is C14H21BrN4O2. The average Bonchev–Trinajstić information content (AvgIpc) is 2.48. The molecule has 1 aromatic rings. The highest BCUT2D eigenvalue weighted by Gasteiger charge is 2.26. The first-order chi connectivity index (χ1) is 10.1. The monoisotopic (exact) mass is 356 g/mol. The molecule has 0 unspecified atom stereocenters. The largest absolute Gasteiger partial charge is 0.354 e. The number of carbonyl (C=O) groups is 2. The van der Waals surface area contributed by atoms with E-state index in [1.807, 2.05) is 24.3 Å². The smallest absolute Gasteiger partial charge is 0.232 e. The molecule has 1 rings (SSSR count). The van der Waals surface area contributed by atoms with Crippen LogP contribution in [0.3, 0.4) is 0 Å². The van der Waals surface area contributed by atoms with Gasteiger partial charge in [0.2, 0.25) is 11.8 Å². The highest BCUT2D eigenvalue weighted by molar-refractivity contribution is 9.10. The van der Waals surface area contributed by atoms with Gasteiger partial charge in [0.1, 0.15) is 5.92 Å². The number of hydrogen-bond donors (Lipinski definition) is 4. The third-order valence-electron chi connectivity index (χ3n) is 2.85. The van der Waals surface area contributed by atoms with Crippen molar-refractivity contribution in [1.29, 1.82) is 0 Å². The average molecular weight is 357 g/mol. The minimum Gasteiger partial charge on any atom is -0.354 e. The molecule has 7 heteroatoms. The summed E-state index contributed by atoms with van der Waals surface area (Å²) in [6.07, 6.45) is 0.326. The first kappa shape index (κ1) is 17.6. The highest BCUT2D eigenvalue weighted by Crippen LogP contribution is 2.15. The van der Waals surface area contributed by atoms with Gasteiger partial charge in [-0.1, -0.05) is 28.1 Å². The van der Waals surface area contributed by atoms with Gasteiger partial charge in [-0.25, -0.2) is 0 Å². The number of amides is 2. The maximum Gasteiger partial charge on any atom is 0.232 e. The molecule has 1 aromatic carbocycles. The van der Waals surface area contributed by atoms with Crippen LogP contribution in [-0.4, -0.2) is 38.0 Å². The molecule has 0 fully saturated rings. The second kappa shape index (κ2) is 9.49. The normalized spacial score (nSPS) is 10.5. The van der Waals surface area contributed by atoms with Gasteiger partial charge < -0.3 is 22.1 Å². The van der Waals surface area contributed by atoms with Crippen molar-refractivity contribution in [2.24, 2.45) is 17.4 Å². The van der Waals surface area contributed by atoms with E-state index in [-0.39, 0.29) is 11.8 Å². The van der Waals surface area contributed by atoms with Crippen molar-refractivity contribution in [1.82, 2.24) is 10.6 Å². The van der Waals surface area contributed by atoms with Crippen molar-refractivity contribution in [2.75, 3.05) is 26.2 Å². The lowest BCUT2D eigenvalue weighted by atomic mass is 9.97. The molecule has 2 amide bonds. The molecule has 0 heterocycles. The fraction of sp³-hybridized carbons (Fsp3) is 0.429. The van der Waals surface area contributed by atoms with Crippen LogP contribution in [0.15, 0.2) is 28.7 Å². The minimum absolute atomic E-state index is 0.324. The number of nitrogens with one attached hydrogen (secondary N) is 2. The standard InChI is InChI=1S/C14H21BrN4O2/c15-11-3-1-2-10(8-11)9-12(13(20)18-6-4-16)14(21)19-7-5-17/h1-3,8,12H,4-7,9,16-17H2,(H,18,20)(H,19,21). The Morgan fingerprint density at radius 2 is 1.67 bits per heavy atom. The number of rotatable bonds is 8. The van der Waals surface area contributed by atoms with E-state index in [0.717, 1.165) is 10.0 Å². The topological polar surface area (TPSA) is 110 Å². The molecule has 0 aliphatic heterocycles. The van der Waals surface area contributed by atoms with Crippen molar-refractivity contribution in [2.45, 2.75) is 6.42 Å². The van der Waals surface area contributed by atoms with Crippen LogP contribution >= 0.6 is 15.9 Å². The molecule has 0 radical (unpaired) electrons. The molecule has 0 aromatic heterocycles. The number of halogens is 1. The van der Waals surface area contributed by atoms with E-state index < -0.39 is 5.92 Å². The number of nitrogens with two attached hydrogens (primary N) is 2. The summed E-state index contributed by atoms with van der Waals surface area (Å²) in [5.74, 6) is -1.44. The van der Waals surface area contributed by atoms with E-state index in [4.69, 9.17) is 11.5 Å². The van der Waals surface area contributed by atoms with Crippen molar-refractivity contribution in [3.63, 3.8) is 0 Å². The summed E-state index contributed by atoms with van der Waals surface area (Å²) < 4.78 is 0.906. The zero-order valence-corrected chi connectivity index (χ0v) is 13.4. The zero-order valence-electron chi connectivity index (χ0n) is 11.8. The first-order valence-electron chi connectivity index (χ1n) is 6.78. The second-order valence-corrected chi connectivity index (χ2v) is 5.46. The van der Waals surface area contributed by atoms with E-state index in [1.54, 1.807) is 0 Å². The summed E-state index contributed by atoms with van der Waals surface area (Å²) in [5, 5.41) is 5.31. The predicted molar refractivity (Wildman–Crippen MR) is 85.5 cm³/mol. The van der Waals surface area contributed by atoms with Crippen LogP contribution in [0.4, 0.5) is 0 Å². The van der Waals surface area contributed by atoms with Crippen LogP contribution in [0.1, 0.15) is 5.56 Å². The Kier molecular flexibility index (Phi) is 7.96. The summed E-state index contributed by atoms with van der Waals surface area (Å²) in [5.41, 5.74) is 11.6. The highest BCUT2D eigenvalue weighted by atomic mass is 79.9. The van der Waals surface area contributed by atoms with Gasteiger partial charge in [-0.3, -0.25) is 9.59 Å². The molecule has 21 heavy (non-hydrogen) atoms. The van der Waals surface area contributed by atoms with Gasteiger partial charge in [-0.05, 0) is 24.1 Å². The quantitative estimate of drug-likeness (QED) is 0.481. The lowest BCUT2D eigenvalue weighted by Crippen LogP contribution is -2.44. The minimum atomic E-state index is -0.794. The third kappa shape index (κ3) is 6.24. The lowest BCUT2D eigenvalue weighted by molar-refractivity contribution is -0.135. The molecule has 6 N–H and O–H groups in total. The molecule has 0 spiro atoms. The van der Waals surface area contributed by atoms with Gasteiger partial charge in [-0.2, -0.15) is 0 Å². The summed E-state index contributed by atoms with van der Waals surface area (Å²) >= 11 is 3.38. The number of benzene rings is 1. The molecule has 0 bridgehead atoms. The molecular weight excluding hydrogens is 336 g/mol. The first-order valence-corrected chi connectivity index (χ1v) is 7.57. The van der Waals surface area contributed by atoms with E-state index in [9.17, 15) is 9.59 Å². The molecule has 0 atom stereocenters. The van der Waals surface area contributed by atoms with Gasteiger partial charge in [0.05, 0.1) is 0 Å². The zero-order chi connectivity index (χ0) is 15.7. The maximum absolute atomic E-state index is 12.1. The summed E-state index contributed by atoms with van der Waals surface area (Å²) in [7, 11) is 0. The van der Waals surface area contributed by atoms with Gasteiger partial charge in [0.25, 0.3) is 0 Å². The van der Waals surface area contributed by atoms with Crippen molar-refractivity contribution in [3.8, 4) is 0 Å². The van der Waals surface area contributed by atoms with Crippen LogP contribution in [0.5, 0.6) is 0 Å². The Hall–Kier alpha value is -1.44. The van der Waals surface area contributed by atoms with Crippen LogP contribution < -0.4 is 22.1 Å². The van der Waals surface area contributed by atoms with E-state index in [2.05, 4.69) is 26.6 Å². The fourth-order valence-electron chi connectivity index (χ4n) is 1.84. The van der Waals surface area contributed by atoms with Crippen LogP contribution in [-0.2, 0) is 16.0 Å². The Bertz CT molecular complexity index is 462. The van der Waals surface area contributed by atoms with E-state index >= 15 is 0 Å². The van der Waals surface area contributed by atoms with E-state index in [1.165, 1.54) is 0 Å². The second-order valence-electron chi connectivity index (χ2n) is 4.55. The molecule has 0 saturated carbocycles. The van der Waals surface area contributed by atoms with Gasteiger partial charge in [0.15, 0.2) is 0 Å². The van der Waals surface area contributed by atoms with Gasteiger partial charge in [0, 0.05) is 30.7 Å². The Labute approximate surface area is 132 Å². The summed E-state index contributed by atoms with van der Waals surface area (Å²) in [4.78, 5) is 24.3. The summed E-state index contributed by atoms with van der Waals surface area (Å²) in [6.45, 7) is 1.36. The van der Waals surface area contributed by atoms with Crippen LogP contribution in [0, 0.1) is 5.92 Å². The van der Waals surface area contributed by atoms with E-state index in [0.29, 0.717) is 32.6 Å². The molecule has 0 aliphatic carbocycles. The molecule has 6 nitrogen and oxygen atoms in total. The Balaban J connectivity index is 2.80. The Morgan fingerprint density at radius 3 is 2.14 bits per heavy atom. The van der Waals surface area contributed by atoms with Crippen molar-refractivity contribution in [3.05, 3.63) is 34.3 Å². The fourth-order valence-corrected chi connectivity index (χ4v) is 2.29. The van der Waals surface area contributed by atoms with Crippen LogP contribution in [0.2, 0.25) is 0 Å². The Morgan fingerprint density at radius 1 is 1.10 bits per heavy atom. The van der Waals surface area contributed by atoms with Crippen molar-refractivity contribution < 1.29 is 9.59 Å². The molecule has 0 saturated heterocycles. The van der Waals surface area contributed by atoms with Crippen LogP contribution in [0.25, 0.3) is 0 Å². The molecule has 0 aliphatic rings. The number of hydrogen-bond acceptors (Lipinski definition) is 4. The maximum atomic E-state index is 12.1. The molecule has 116 valence electrons. The predicted octanol–water partition coefficient (Wildman–Crippen LogP) is -0.242. The SMILES string of the molecule is NCCNC(=O)C(Cc1cccc(Br)c1)C(=O)NCCN. The van der Waals surface area contributed by atoms with Gasteiger partial charge >= 0.3 is 0 Å².